The average molecular weight is 417 g/mol. The Bertz CT molecular complexity index is 937. The molecule has 3 aliphatic heterocycles. The fourth-order valence-electron chi connectivity index (χ4n) is 5.05. The van der Waals surface area contributed by atoms with E-state index < -0.39 is 0 Å². The van der Waals surface area contributed by atoms with Crippen LogP contribution in [0, 0.1) is 5.92 Å². The summed E-state index contributed by atoms with van der Waals surface area (Å²) >= 11 is 6.34. The average Bonchev–Trinajstić information content (AvgIpc) is 3.04. The SMILES string of the molecule is CN1CC=C(Cl)C=c2[nH]c3c(c21)CN=NC=3[C@H]1CC[C@H](OC2CCOCC2)CC1. The van der Waals surface area contributed by atoms with Crippen molar-refractivity contribution >= 4 is 29.1 Å². The molecule has 1 aromatic rings. The van der Waals surface area contributed by atoms with Crippen LogP contribution in [-0.2, 0) is 16.0 Å². The molecule has 1 saturated heterocycles. The Kier molecular flexibility index (Phi) is 5.50. The number of azo groups is 1. The van der Waals surface area contributed by atoms with E-state index in [9.17, 15) is 0 Å². The molecule has 0 radical (unpaired) electrons. The molecule has 4 heterocycles. The monoisotopic (exact) mass is 416 g/mol. The summed E-state index contributed by atoms with van der Waals surface area (Å²) in [5, 5.41) is 12.1. The topological polar surface area (TPSA) is 62.2 Å². The van der Waals surface area contributed by atoms with Gasteiger partial charge in [0.15, 0.2) is 0 Å². The number of aromatic nitrogens is 1. The first-order chi connectivity index (χ1) is 14.2. The van der Waals surface area contributed by atoms with Crippen LogP contribution in [-0.4, -0.2) is 44.0 Å². The van der Waals surface area contributed by atoms with Crippen molar-refractivity contribution in [3.05, 3.63) is 27.4 Å². The summed E-state index contributed by atoms with van der Waals surface area (Å²) in [5.74, 6) is 0.436. The molecule has 2 fully saturated rings. The van der Waals surface area contributed by atoms with E-state index in [2.05, 4.69) is 27.2 Å². The van der Waals surface area contributed by atoms with Gasteiger partial charge in [0.25, 0.3) is 0 Å². The second-order valence-electron chi connectivity index (χ2n) is 8.56. The third-order valence-electron chi connectivity index (χ3n) is 6.60. The van der Waals surface area contributed by atoms with Gasteiger partial charge in [-0.2, -0.15) is 10.2 Å². The van der Waals surface area contributed by atoms with Crippen molar-refractivity contribution in [2.45, 2.75) is 57.3 Å². The van der Waals surface area contributed by atoms with Gasteiger partial charge in [-0.25, -0.2) is 0 Å². The molecule has 1 aromatic heterocycles. The molecule has 5 rings (SSSR count). The minimum atomic E-state index is 0.374. The maximum absolute atomic E-state index is 6.36. The van der Waals surface area contributed by atoms with Crippen LogP contribution in [0.4, 0.5) is 5.69 Å². The lowest BCUT2D eigenvalue weighted by Crippen LogP contribution is -2.32. The number of allylic oxidation sites excluding steroid dienone is 1. The van der Waals surface area contributed by atoms with Gasteiger partial charge in [-0.15, -0.1) is 0 Å². The summed E-state index contributed by atoms with van der Waals surface area (Å²) in [7, 11) is 2.11. The zero-order valence-electron chi connectivity index (χ0n) is 17.0. The lowest BCUT2D eigenvalue weighted by atomic mass is 9.84. The first-order valence-electron chi connectivity index (χ1n) is 10.8. The fourth-order valence-corrected chi connectivity index (χ4v) is 5.23. The van der Waals surface area contributed by atoms with Crippen LogP contribution in [0.3, 0.4) is 0 Å². The van der Waals surface area contributed by atoms with Crippen LogP contribution in [0.1, 0.15) is 44.1 Å². The number of rotatable bonds is 3. The molecule has 0 spiro atoms. The van der Waals surface area contributed by atoms with Crippen molar-refractivity contribution in [2.24, 2.45) is 16.1 Å². The molecule has 0 atom stereocenters. The third-order valence-corrected chi connectivity index (χ3v) is 6.87. The predicted octanol–water partition coefficient (Wildman–Crippen LogP) is 3.20. The molecule has 0 amide bonds. The number of ether oxygens (including phenoxy) is 2. The Labute approximate surface area is 176 Å². The van der Waals surface area contributed by atoms with Crippen molar-refractivity contribution < 1.29 is 9.47 Å². The summed E-state index contributed by atoms with van der Waals surface area (Å²) in [5.41, 5.74) is 3.58. The van der Waals surface area contributed by atoms with E-state index in [1.165, 1.54) is 11.3 Å². The van der Waals surface area contributed by atoms with Crippen LogP contribution in [0.15, 0.2) is 21.3 Å². The molecule has 1 N–H and O–H groups in total. The van der Waals surface area contributed by atoms with Crippen LogP contribution in [0.2, 0.25) is 0 Å². The van der Waals surface area contributed by atoms with Gasteiger partial charge in [-0.05, 0) is 50.7 Å². The second-order valence-corrected chi connectivity index (χ2v) is 9.00. The summed E-state index contributed by atoms with van der Waals surface area (Å²) in [4.78, 5) is 5.86. The highest BCUT2D eigenvalue weighted by Gasteiger charge is 2.30. The highest BCUT2D eigenvalue weighted by molar-refractivity contribution is 6.34. The van der Waals surface area contributed by atoms with Crippen molar-refractivity contribution in [2.75, 3.05) is 31.7 Å². The second kappa shape index (κ2) is 8.25. The van der Waals surface area contributed by atoms with E-state index in [0.717, 1.165) is 79.7 Å². The molecule has 29 heavy (non-hydrogen) atoms. The van der Waals surface area contributed by atoms with E-state index >= 15 is 0 Å². The van der Waals surface area contributed by atoms with E-state index in [1.54, 1.807) is 0 Å². The Morgan fingerprint density at radius 2 is 1.90 bits per heavy atom. The van der Waals surface area contributed by atoms with Gasteiger partial charge in [0, 0.05) is 43.3 Å². The Hall–Kier alpha value is -1.63. The van der Waals surface area contributed by atoms with E-state index in [-0.39, 0.29) is 0 Å². The number of H-pyrrole nitrogens is 1. The van der Waals surface area contributed by atoms with Gasteiger partial charge < -0.3 is 19.4 Å². The summed E-state index contributed by atoms with van der Waals surface area (Å²) < 4.78 is 11.8. The number of aromatic amines is 1. The maximum Gasteiger partial charge on any atom is 0.0895 e. The molecular formula is C22H29ClN4O2. The number of hydrogen-bond acceptors (Lipinski definition) is 5. The van der Waals surface area contributed by atoms with Crippen LogP contribution < -0.4 is 15.6 Å². The molecule has 0 bridgehead atoms. The van der Waals surface area contributed by atoms with Crippen LogP contribution in [0.25, 0.3) is 11.8 Å². The summed E-state index contributed by atoms with van der Waals surface area (Å²) in [6, 6.07) is 0. The third kappa shape index (κ3) is 3.90. The highest BCUT2D eigenvalue weighted by atomic mass is 35.5. The minimum absolute atomic E-state index is 0.374. The minimum Gasteiger partial charge on any atom is -0.381 e. The smallest absolute Gasteiger partial charge is 0.0895 e. The predicted molar refractivity (Wildman–Crippen MR) is 114 cm³/mol. The molecular weight excluding hydrogens is 388 g/mol. The molecule has 0 unspecified atom stereocenters. The van der Waals surface area contributed by atoms with Crippen molar-refractivity contribution in [1.82, 2.24) is 4.98 Å². The van der Waals surface area contributed by atoms with Crippen molar-refractivity contribution in [1.29, 1.82) is 0 Å². The number of halogens is 1. The molecule has 1 saturated carbocycles. The zero-order valence-corrected chi connectivity index (χ0v) is 17.7. The Morgan fingerprint density at radius 3 is 2.69 bits per heavy atom. The quantitative estimate of drug-likeness (QED) is 0.823. The molecule has 1 aliphatic carbocycles. The van der Waals surface area contributed by atoms with E-state index in [4.69, 9.17) is 21.1 Å². The van der Waals surface area contributed by atoms with Gasteiger partial charge in [0.1, 0.15) is 0 Å². The fraction of sp³-hybridized carbons (Fsp3) is 0.636. The lowest BCUT2D eigenvalue weighted by molar-refractivity contribution is -0.0801. The largest absolute Gasteiger partial charge is 0.381 e. The number of likely N-dealkylation sites (N-methyl/N-ethyl adjacent to an activating group) is 1. The highest BCUT2D eigenvalue weighted by Crippen LogP contribution is 2.35. The molecule has 7 heteroatoms. The normalized spacial score (nSPS) is 27.7. The number of nitrogens with zero attached hydrogens (tertiary/aromatic N) is 3. The molecule has 4 aliphatic rings. The molecule has 0 aromatic carbocycles. The van der Waals surface area contributed by atoms with E-state index in [1.807, 2.05) is 12.2 Å². The number of fused-ring (bicyclic) bond motifs is 3. The van der Waals surface area contributed by atoms with Gasteiger partial charge in [0.05, 0.1) is 40.8 Å². The van der Waals surface area contributed by atoms with Gasteiger partial charge in [-0.1, -0.05) is 11.6 Å². The summed E-state index contributed by atoms with van der Waals surface area (Å²) in [6.07, 6.45) is 11.3. The first-order valence-corrected chi connectivity index (χ1v) is 11.2. The number of nitrogens with one attached hydrogen (secondary N) is 1. The van der Waals surface area contributed by atoms with Crippen LogP contribution >= 0.6 is 11.6 Å². The van der Waals surface area contributed by atoms with Crippen LogP contribution in [0.5, 0.6) is 0 Å². The van der Waals surface area contributed by atoms with Gasteiger partial charge in [-0.3, -0.25) is 0 Å². The Morgan fingerprint density at radius 1 is 1.14 bits per heavy atom. The van der Waals surface area contributed by atoms with Gasteiger partial charge >= 0.3 is 0 Å². The van der Waals surface area contributed by atoms with Gasteiger partial charge in [0.2, 0.25) is 0 Å². The lowest BCUT2D eigenvalue weighted by Gasteiger charge is -2.33. The molecule has 156 valence electrons. The number of hydrogen-bond donors (Lipinski definition) is 1. The Balaban J connectivity index is 1.37. The zero-order chi connectivity index (χ0) is 19.8. The summed E-state index contributed by atoms with van der Waals surface area (Å²) in [6.45, 7) is 3.10. The van der Waals surface area contributed by atoms with Crippen molar-refractivity contribution in [3.63, 3.8) is 0 Å². The number of anilines is 1. The molecule has 6 nitrogen and oxygen atoms in total. The standard InChI is InChI=1S/C22H29ClN4O2/c1-27-9-6-15(23)12-19-22(27)18-13-24-26-20(21(18)25-19)14-2-4-16(5-3-14)29-17-7-10-28-11-8-17/h6,12,14,16-17,25H,2-5,7-11,13H2,1H3/t14-,16-. The van der Waals surface area contributed by atoms with E-state index in [0.29, 0.717) is 24.7 Å². The van der Waals surface area contributed by atoms with Crippen molar-refractivity contribution in [3.8, 4) is 0 Å². The maximum atomic E-state index is 6.36. The first kappa shape index (κ1) is 19.3.